The highest BCUT2D eigenvalue weighted by Crippen LogP contribution is 2.16. The van der Waals surface area contributed by atoms with Gasteiger partial charge in [-0.2, -0.15) is 0 Å². The highest BCUT2D eigenvalue weighted by Gasteiger charge is 2.20. The highest BCUT2D eigenvalue weighted by molar-refractivity contribution is 14.0. The lowest BCUT2D eigenvalue weighted by molar-refractivity contribution is 0.198. The number of piperidine rings is 1. The van der Waals surface area contributed by atoms with Crippen LogP contribution in [-0.2, 0) is 13.1 Å². The van der Waals surface area contributed by atoms with Crippen LogP contribution in [0.5, 0.6) is 5.75 Å². The van der Waals surface area contributed by atoms with Crippen molar-refractivity contribution in [3.8, 4) is 5.75 Å². The predicted octanol–water partition coefficient (Wildman–Crippen LogP) is 4.38. The van der Waals surface area contributed by atoms with Crippen LogP contribution < -0.4 is 10.6 Å². The number of benzene rings is 2. The fourth-order valence-electron chi connectivity index (χ4n) is 3.37. The van der Waals surface area contributed by atoms with Gasteiger partial charge in [-0.15, -0.1) is 24.0 Å². The third-order valence-corrected chi connectivity index (χ3v) is 5.20. The van der Waals surface area contributed by atoms with Crippen molar-refractivity contribution < 1.29 is 5.11 Å². The van der Waals surface area contributed by atoms with E-state index < -0.39 is 0 Å². The normalized spacial score (nSPS) is 15.6. The molecule has 0 spiro atoms. The van der Waals surface area contributed by atoms with Gasteiger partial charge in [0, 0.05) is 37.2 Å². The van der Waals surface area contributed by atoms with E-state index in [1.54, 1.807) is 12.1 Å². The van der Waals surface area contributed by atoms with Crippen LogP contribution in [0.4, 0.5) is 0 Å². The van der Waals surface area contributed by atoms with Crippen molar-refractivity contribution in [1.82, 2.24) is 15.5 Å². The summed E-state index contributed by atoms with van der Waals surface area (Å²) >= 11 is 5.97. The SMILES string of the molecule is CCNC(=NCc1ccc(O)cc1)NC1CCN(Cc2ccc(Cl)cc2)CC1.I. The zero-order valence-corrected chi connectivity index (χ0v) is 19.9. The van der Waals surface area contributed by atoms with Gasteiger partial charge < -0.3 is 15.7 Å². The first kappa shape index (κ1) is 23.8. The van der Waals surface area contributed by atoms with Gasteiger partial charge in [0.15, 0.2) is 5.96 Å². The number of hydrogen-bond acceptors (Lipinski definition) is 3. The molecule has 1 saturated heterocycles. The number of phenols is 1. The van der Waals surface area contributed by atoms with E-state index in [0.717, 1.165) is 55.6 Å². The zero-order valence-electron chi connectivity index (χ0n) is 16.8. The Morgan fingerprint density at radius 2 is 1.69 bits per heavy atom. The molecule has 2 aromatic rings. The van der Waals surface area contributed by atoms with E-state index in [1.165, 1.54) is 5.56 Å². The molecule has 5 nitrogen and oxygen atoms in total. The van der Waals surface area contributed by atoms with Crippen molar-refractivity contribution in [2.24, 2.45) is 4.99 Å². The first-order chi connectivity index (χ1) is 13.6. The molecule has 0 bridgehead atoms. The van der Waals surface area contributed by atoms with Crippen molar-refractivity contribution in [3.05, 3.63) is 64.7 Å². The molecule has 158 valence electrons. The molecule has 0 saturated carbocycles. The molecular formula is C22H30ClIN4O. The summed E-state index contributed by atoms with van der Waals surface area (Å²) in [5.74, 6) is 1.13. The molecule has 29 heavy (non-hydrogen) atoms. The number of nitrogens with one attached hydrogen (secondary N) is 2. The fourth-order valence-corrected chi connectivity index (χ4v) is 3.49. The zero-order chi connectivity index (χ0) is 19.8. The van der Waals surface area contributed by atoms with Gasteiger partial charge in [0.25, 0.3) is 0 Å². The molecule has 0 aromatic heterocycles. The van der Waals surface area contributed by atoms with E-state index in [0.29, 0.717) is 12.6 Å². The van der Waals surface area contributed by atoms with Gasteiger partial charge in [-0.25, -0.2) is 4.99 Å². The number of aliphatic imine (C=N–C) groups is 1. The number of hydrogen-bond donors (Lipinski definition) is 3. The maximum absolute atomic E-state index is 9.39. The number of likely N-dealkylation sites (tertiary alicyclic amines) is 1. The molecule has 1 aliphatic heterocycles. The number of aromatic hydroxyl groups is 1. The van der Waals surface area contributed by atoms with Crippen LogP contribution in [0.3, 0.4) is 0 Å². The van der Waals surface area contributed by atoms with E-state index in [2.05, 4.69) is 39.6 Å². The van der Waals surface area contributed by atoms with Gasteiger partial charge in [-0.05, 0) is 55.2 Å². The first-order valence-electron chi connectivity index (χ1n) is 9.92. The molecule has 0 atom stereocenters. The van der Waals surface area contributed by atoms with Crippen LogP contribution in [0.15, 0.2) is 53.5 Å². The molecule has 0 aliphatic carbocycles. The lowest BCUT2D eigenvalue weighted by Crippen LogP contribution is -2.48. The van der Waals surface area contributed by atoms with Crippen LogP contribution in [0.2, 0.25) is 5.02 Å². The summed E-state index contributed by atoms with van der Waals surface area (Å²) in [5, 5.41) is 17.1. The van der Waals surface area contributed by atoms with Gasteiger partial charge in [0.2, 0.25) is 0 Å². The lowest BCUT2D eigenvalue weighted by Gasteiger charge is -2.33. The maximum atomic E-state index is 9.39. The minimum absolute atomic E-state index is 0. The molecule has 0 unspecified atom stereocenters. The number of nitrogens with zero attached hydrogens (tertiary/aromatic N) is 2. The number of rotatable bonds is 6. The monoisotopic (exact) mass is 528 g/mol. The van der Waals surface area contributed by atoms with Crippen LogP contribution in [0.25, 0.3) is 0 Å². The lowest BCUT2D eigenvalue weighted by atomic mass is 10.0. The Bertz CT molecular complexity index is 759. The van der Waals surface area contributed by atoms with Gasteiger partial charge >= 0.3 is 0 Å². The molecule has 3 rings (SSSR count). The van der Waals surface area contributed by atoms with E-state index >= 15 is 0 Å². The fraction of sp³-hybridized carbons (Fsp3) is 0.409. The number of guanidine groups is 1. The van der Waals surface area contributed by atoms with Crippen LogP contribution in [0.1, 0.15) is 30.9 Å². The smallest absolute Gasteiger partial charge is 0.191 e. The topological polar surface area (TPSA) is 59.9 Å². The van der Waals surface area contributed by atoms with Gasteiger partial charge in [-0.3, -0.25) is 4.90 Å². The Hall–Kier alpha value is -1.51. The van der Waals surface area contributed by atoms with Gasteiger partial charge in [-0.1, -0.05) is 35.9 Å². The average Bonchev–Trinajstić information content (AvgIpc) is 2.71. The molecule has 1 heterocycles. The van der Waals surface area contributed by atoms with E-state index in [-0.39, 0.29) is 29.7 Å². The molecule has 7 heteroatoms. The summed E-state index contributed by atoms with van der Waals surface area (Å²) in [5.41, 5.74) is 2.38. The minimum Gasteiger partial charge on any atom is -0.508 e. The third kappa shape index (κ3) is 8.03. The maximum Gasteiger partial charge on any atom is 0.191 e. The first-order valence-corrected chi connectivity index (χ1v) is 10.3. The summed E-state index contributed by atoms with van der Waals surface area (Å²) in [7, 11) is 0. The minimum atomic E-state index is 0. The summed E-state index contributed by atoms with van der Waals surface area (Å²) in [6, 6.07) is 15.7. The molecule has 0 radical (unpaired) electrons. The van der Waals surface area contributed by atoms with Gasteiger partial charge in [0.1, 0.15) is 5.75 Å². The molecule has 1 fully saturated rings. The second-order valence-electron chi connectivity index (χ2n) is 7.18. The van der Waals surface area contributed by atoms with E-state index in [9.17, 15) is 5.11 Å². The van der Waals surface area contributed by atoms with Crippen molar-refractivity contribution in [1.29, 1.82) is 0 Å². The predicted molar refractivity (Wildman–Crippen MR) is 131 cm³/mol. The molecule has 0 amide bonds. The summed E-state index contributed by atoms with van der Waals surface area (Å²) < 4.78 is 0. The van der Waals surface area contributed by atoms with Crippen molar-refractivity contribution in [2.45, 2.75) is 38.9 Å². The Labute approximate surface area is 195 Å². The van der Waals surface area contributed by atoms with Crippen molar-refractivity contribution in [2.75, 3.05) is 19.6 Å². The van der Waals surface area contributed by atoms with E-state index in [1.807, 2.05) is 24.3 Å². The standard InChI is InChI=1S/C22H29ClN4O.HI/c1-2-24-22(25-15-17-5-9-21(28)10-6-17)26-20-11-13-27(14-12-20)16-18-3-7-19(23)8-4-18;/h3-10,20,28H,2,11-16H2,1H3,(H2,24,25,26);1H. The quantitative estimate of drug-likeness (QED) is 0.296. The molecule has 2 aromatic carbocycles. The second kappa shape index (κ2) is 12.2. The molecule has 1 aliphatic rings. The van der Waals surface area contributed by atoms with Crippen LogP contribution in [0, 0.1) is 0 Å². The van der Waals surface area contributed by atoms with E-state index in [4.69, 9.17) is 11.6 Å². The Morgan fingerprint density at radius 3 is 2.31 bits per heavy atom. The van der Waals surface area contributed by atoms with Gasteiger partial charge in [0.05, 0.1) is 6.54 Å². The Balaban J connectivity index is 0.00000300. The van der Waals surface area contributed by atoms with Crippen LogP contribution >= 0.6 is 35.6 Å². The summed E-state index contributed by atoms with van der Waals surface area (Å²) in [6.07, 6.45) is 2.19. The summed E-state index contributed by atoms with van der Waals surface area (Å²) in [6.45, 7) is 6.60. The second-order valence-corrected chi connectivity index (χ2v) is 7.62. The van der Waals surface area contributed by atoms with Crippen molar-refractivity contribution >= 4 is 41.5 Å². The Morgan fingerprint density at radius 1 is 1.07 bits per heavy atom. The number of phenolic OH excluding ortho intramolecular Hbond substituents is 1. The number of halogens is 2. The molecule has 3 N–H and O–H groups in total. The Kier molecular flexibility index (Phi) is 10.0. The molecular weight excluding hydrogens is 499 g/mol. The largest absolute Gasteiger partial charge is 0.508 e. The third-order valence-electron chi connectivity index (χ3n) is 4.95. The van der Waals surface area contributed by atoms with Crippen molar-refractivity contribution in [3.63, 3.8) is 0 Å². The summed E-state index contributed by atoms with van der Waals surface area (Å²) in [4.78, 5) is 7.18. The highest BCUT2D eigenvalue weighted by atomic mass is 127. The van der Waals surface area contributed by atoms with Crippen LogP contribution in [-0.4, -0.2) is 41.6 Å². The average molecular weight is 529 g/mol.